The number of ether oxygens (including phenoxy) is 1. The summed E-state index contributed by atoms with van der Waals surface area (Å²) in [6.45, 7) is 0.845. The summed E-state index contributed by atoms with van der Waals surface area (Å²) in [5.74, 6) is -0.802. The predicted molar refractivity (Wildman–Crippen MR) is 60.7 cm³/mol. The van der Waals surface area contributed by atoms with E-state index in [2.05, 4.69) is 4.98 Å². The van der Waals surface area contributed by atoms with E-state index in [1.807, 2.05) is 0 Å². The minimum atomic E-state index is -0.802. The third-order valence-corrected chi connectivity index (χ3v) is 3.62. The molecule has 0 amide bonds. The largest absolute Gasteiger partial charge is 0.481 e. The lowest BCUT2D eigenvalue weighted by Gasteiger charge is -2.21. The van der Waals surface area contributed by atoms with Gasteiger partial charge in [-0.15, -0.1) is 11.3 Å². The monoisotopic (exact) mass is 241 g/mol. The van der Waals surface area contributed by atoms with Gasteiger partial charge < -0.3 is 9.84 Å². The van der Waals surface area contributed by atoms with Crippen LogP contribution < -0.4 is 0 Å². The first kappa shape index (κ1) is 11.5. The number of rotatable bonds is 4. The maximum atomic E-state index is 10.5. The molecular weight excluding hydrogens is 226 g/mol. The Balaban J connectivity index is 1.88. The molecule has 0 bridgehead atoms. The third-order valence-electron chi connectivity index (χ3n) is 2.60. The highest BCUT2D eigenvalue weighted by molar-refractivity contribution is 7.11. The van der Waals surface area contributed by atoms with Gasteiger partial charge in [0.15, 0.2) is 0 Å². The number of carbonyl (C=O) groups is 1. The van der Waals surface area contributed by atoms with E-state index in [1.54, 1.807) is 6.20 Å². The summed E-state index contributed by atoms with van der Waals surface area (Å²) in [4.78, 5) is 15.6. The van der Waals surface area contributed by atoms with Crippen molar-refractivity contribution in [2.45, 2.75) is 38.2 Å². The fourth-order valence-corrected chi connectivity index (χ4v) is 2.81. The molecule has 1 saturated heterocycles. The van der Waals surface area contributed by atoms with Crippen LogP contribution in [0.3, 0.4) is 0 Å². The maximum absolute atomic E-state index is 10.5. The van der Waals surface area contributed by atoms with Gasteiger partial charge >= 0.3 is 5.97 Å². The van der Waals surface area contributed by atoms with Gasteiger partial charge in [-0.25, -0.2) is 4.98 Å². The van der Waals surface area contributed by atoms with Crippen molar-refractivity contribution in [2.24, 2.45) is 0 Å². The van der Waals surface area contributed by atoms with Crippen molar-refractivity contribution in [1.29, 1.82) is 0 Å². The van der Waals surface area contributed by atoms with Crippen LogP contribution in [0.15, 0.2) is 6.20 Å². The van der Waals surface area contributed by atoms with Crippen LogP contribution in [0.2, 0.25) is 0 Å². The number of hydrogen-bond donors (Lipinski definition) is 1. The molecule has 1 aromatic rings. The molecule has 1 fully saturated rings. The van der Waals surface area contributed by atoms with Gasteiger partial charge in [0.1, 0.15) is 0 Å². The molecule has 4 nitrogen and oxygen atoms in total. The van der Waals surface area contributed by atoms with Crippen molar-refractivity contribution in [2.75, 3.05) is 6.61 Å². The molecule has 5 heteroatoms. The second-order valence-corrected chi connectivity index (χ2v) is 5.18. The molecule has 0 aromatic carbocycles. The Hall–Kier alpha value is -0.940. The average Bonchev–Trinajstić information content (AvgIpc) is 2.66. The number of nitrogens with zero attached hydrogens (tertiary/aromatic N) is 1. The molecule has 1 atom stereocenters. The van der Waals surface area contributed by atoms with Gasteiger partial charge in [0, 0.05) is 24.1 Å². The molecule has 0 saturated carbocycles. The minimum absolute atomic E-state index is 0.0726. The quantitative estimate of drug-likeness (QED) is 0.874. The van der Waals surface area contributed by atoms with E-state index in [0.29, 0.717) is 0 Å². The molecular formula is C11H15NO3S. The summed E-state index contributed by atoms with van der Waals surface area (Å²) in [5, 5.41) is 9.64. The molecule has 0 spiro atoms. The van der Waals surface area contributed by atoms with E-state index < -0.39 is 5.97 Å². The molecule has 2 heterocycles. The Morgan fingerprint density at radius 2 is 2.50 bits per heavy atom. The van der Waals surface area contributed by atoms with Crippen LogP contribution in [0.25, 0.3) is 0 Å². The lowest BCUT2D eigenvalue weighted by atomic mass is 10.1. The summed E-state index contributed by atoms with van der Waals surface area (Å²) in [7, 11) is 0. The molecule has 0 aliphatic carbocycles. The van der Waals surface area contributed by atoms with Crippen molar-refractivity contribution in [3.8, 4) is 0 Å². The third kappa shape index (κ3) is 3.28. The van der Waals surface area contributed by atoms with Crippen LogP contribution in [0.1, 0.15) is 29.1 Å². The minimum Gasteiger partial charge on any atom is -0.481 e. The van der Waals surface area contributed by atoms with E-state index in [0.717, 1.165) is 35.8 Å². The molecule has 1 N–H and O–H groups in total. The molecule has 16 heavy (non-hydrogen) atoms. The zero-order chi connectivity index (χ0) is 11.4. The maximum Gasteiger partial charge on any atom is 0.308 e. The van der Waals surface area contributed by atoms with Crippen molar-refractivity contribution < 1.29 is 14.6 Å². The number of thiazole rings is 1. The van der Waals surface area contributed by atoms with Crippen molar-refractivity contribution in [3.05, 3.63) is 16.1 Å². The van der Waals surface area contributed by atoms with Gasteiger partial charge in [0.25, 0.3) is 0 Å². The van der Waals surface area contributed by atoms with Crippen LogP contribution in [-0.4, -0.2) is 28.8 Å². The van der Waals surface area contributed by atoms with E-state index in [9.17, 15) is 4.79 Å². The van der Waals surface area contributed by atoms with Crippen LogP contribution in [-0.2, 0) is 22.4 Å². The van der Waals surface area contributed by atoms with Crippen LogP contribution in [0, 0.1) is 0 Å². The fraction of sp³-hybridized carbons (Fsp3) is 0.636. The second kappa shape index (κ2) is 5.41. The van der Waals surface area contributed by atoms with E-state index in [1.165, 1.54) is 17.8 Å². The van der Waals surface area contributed by atoms with Gasteiger partial charge in [0.2, 0.25) is 0 Å². The van der Waals surface area contributed by atoms with Crippen LogP contribution in [0.5, 0.6) is 0 Å². The molecule has 1 aromatic heterocycles. The van der Waals surface area contributed by atoms with Gasteiger partial charge in [-0.2, -0.15) is 0 Å². The number of hydrogen-bond acceptors (Lipinski definition) is 4. The molecule has 88 valence electrons. The lowest BCUT2D eigenvalue weighted by Crippen LogP contribution is -2.21. The Morgan fingerprint density at radius 3 is 3.19 bits per heavy atom. The Labute approximate surface area is 98.3 Å². The molecule has 1 aliphatic heterocycles. The zero-order valence-electron chi connectivity index (χ0n) is 9.02. The van der Waals surface area contributed by atoms with Gasteiger partial charge in [-0.05, 0) is 19.3 Å². The number of carboxylic acids is 1. The van der Waals surface area contributed by atoms with Crippen molar-refractivity contribution in [3.63, 3.8) is 0 Å². The van der Waals surface area contributed by atoms with Gasteiger partial charge in [-0.3, -0.25) is 4.79 Å². The first-order valence-electron chi connectivity index (χ1n) is 5.51. The summed E-state index contributed by atoms with van der Waals surface area (Å²) in [6, 6.07) is 0. The lowest BCUT2D eigenvalue weighted by molar-refractivity contribution is -0.136. The van der Waals surface area contributed by atoms with E-state index in [4.69, 9.17) is 9.84 Å². The number of aromatic nitrogens is 1. The molecule has 0 radical (unpaired) electrons. The first-order valence-corrected chi connectivity index (χ1v) is 6.32. The second-order valence-electron chi connectivity index (χ2n) is 3.98. The zero-order valence-corrected chi connectivity index (χ0v) is 9.83. The molecule has 1 unspecified atom stereocenters. The van der Waals surface area contributed by atoms with Crippen LogP contribution in [0.4, 0.5) is 0 Å². The van der Waals surface area contributed by atoms with Gasteiger partial charge in [-0.1, -0.05) is 0 Å². The standard InChI is InChI=1S/C11H15NO3S/c13-11(14)6-9-7-12-10(16-9)5-8-3-1-2-4-15-8/h7-8H,1-6H2,(H,13,14). The normalized spacial score (nSPS) is 20.9. The summed E-state index contributed by atoms with van der Waals surface area (Å²) >= 11 is 1.48. The van der Waals surface area contributed by atoms with E-state index in [-0.39, 0.29) is 12.5 Å². The Bertz CT molecular complexity index is 358. The highest BCUT2D eigenvalue weighted by Crippen LogP contribution is 2.20. The van der Waals surface area contributed by atoms with E-state index >= 15 is 0 Å². The van der Waals surface area contributed by atoms with Crippen LogP contribution >= 0.6 is 11.3 Å². The van der Waals surface area contributed by atoms with Crippen molar-refractivity contribution >= 4 is 17.3 Å². The highest BCUT2D eigenvalue weighted by Gasteiger charge is 2.16. The molecule has 2 rings (SSSR count). The summed E-state index contributed by atoms with van der Waals surface area (Å²) in [6.07, 6.45) is 6.30. The SMILES string of the molecule is O=C(O)Cc1cnc(CC2CCCCO2)s1. The Kier molecular flexibility index (Phi) is 3.90. The van der Waals surface area contributed by atoms with Gasteiger partial charge in [0.05, 0.1) is 17.5 Å². The first-order chi connectivity index (χ1) is 7.74. The number of aliphatic carboxylic acids is 1. The topological polar surface area (TPSA) is 59.4 Å². The Morgan fingerprint density at radius 1 is 1.62 bits per heavy atom. The summed E-state index contributed by atoms with van der Waals surface area (Å²) in [5.41, 5.74) is 0. The fourth-order valence-electron chi connectivity index (χ4n) is 1.84. The number of carboxylic acid groups (broad SMARTS) is 1. The smallest absolute Gasteiger partial charge is 0.308 e. The average molecular weight is 241 g/mol. The molecule has 1 aliphatic rings. The predicted octanol–water partition coefficient (Wildman–Crippen LogP) is 1.88. The highest BCUT2D eigenvalue weighted by atomic mass is 32.1. The summed E-state index contributed by atoms with van der Waals surface area (Å²) < 4.78 is 5.62. The van der Waals surface area contributed by atoms with Crippen molar-refractivity contribution in [1.82, 2.24) is 4.98 Å².